The summed E-state index contributed by atoms with van der Waals surface area (Å²) in [4.78, 5) is 12.1. The van der Waals surface area contributed by atoms with Crippen LogP contribution in [0.3, 0.4) is 0 Å². The van der Waals surface area contributed by atoms with Crippen molar-refractivity contribution in [2.45, 2.75) is 36.1 Å². The van der Waals surface area contributed by atoms with Gasteiger partial charge in [-0.2, -0.15) is 0 Å². The summed E-state index contributed by atoms with van der Waals surface area (Å²) >= 11 is 5.73. The smallest absolute Gasteiger partial charge is 0.236 e. The number of hydrogen-bond donors (Lipinski definition) is 2. The second kappa shape index (κ2) is 6.34. The molecule has 1 saturated carbocycles. The summed E-state index contributed by atoms with van der Waals surface area (Å²) in [5.74, 6) is -1.08. The van der Waals surface area contributed by atoms with E-state index in [1.54, 1.807) is 0 Å². The summed E-state index contributed by atoms with van der Waals surface area (Å²) in [5.41, 5.74) is 5.29. The summed E-state index contributed by atoms with van der Waals surface area (Å²) in [7, 11) is -3.66. The summed E-state index contributed by atoms with van der Waals surface area (Å²) in [5, 5.41) is 3.26. The third-order valence-corrected chi connectivity index (χ3v) is 5.73. The first-order chi connectivity index (χ1) is 9.87. The Morgan fingerprint density at radius 3 is 2.33 bits per heavy atom. The van der Waals surface area contributed by atoms with E-state index in [0.29, 0.717) is 11.6 Å². The fraction of sp³-hybridized carbons (Fsp3) is 0.500. The molecule has 0 bridgehead atoms. The molecular weight excluding hydrogens is 312 g/mol. The van der Waals surface area contributed by atoms with Crippen LogP contribution < -0.4 is 11.1 Å². The van der Waals surface area contributed by atoms with Gasteiger partial charge in [-0.25, -0.2) is 8.42 Å². The molecule has 0 radical (unpaired) electrons. The van der Waals surface area contributed by atoms with Gasteiger partial charge in [0.2, 0.25) is 5.91 Å². The molecule has 116 valence electrons. The lowest BCUT2D eigenvalue weighted by Gasteiger charge is -2.28. The number of amides is 1. The largest absolute Gasteiger partial charge is 0.349 e. The number of sulfone groups is 1. The molecule has 1 aliphatic rings. The molecule has 1 aromatic carbocycles. The summed E-state index contributed by atoms with van der Waals surface area (Å²) in [6, 6.07) is 5.79. The first-order valence-electron chi connectivity index (χ1n) is 6.86. The molecule has 0 aromatic heterocycles. The van der Waals surface area contributed by atoms with E-state index >= 15 is 0 Å². The Kier molecular flexibility index (Phi) is 4.91. The molecule has 0 unspecified atom stereocenters. The second-order valence-electron chi connectivity index (χ2n) is 5.45. The topological polar surface area (TPSA) is 89.3 Å². The molecule has 1 amide bonds. The third kappa shape index (κ3) is 3.96. The zero-order chi connectivity index (χ0) is 15.5. The van der Waals surface area contributed by atoms with Crippen LogP contribution in [-0.2, 0) is 14.6 Å². The first-order valence-corrected chi connectivity index (χ1v) is 8.89. The monoisotopic (exact) mass is 330 g/mol. The van der Waals surface area contributed by atoms with Crippen LogP contribution in [0, 0.1) is 0 Å². The fourth-order valence-corrected chi connectivity index (χ4v) is 3.92. The minimum Gasteiger partial charge on any atom is -0.349 e. The van der Waals surface area contributed by atoms with Gasteiger partial charge in [-0.1, -0.05) is 24.4 Å². The SMILES string of the molecule is NCC1(NC(=O)CS(=O)(=O)c2ccc(Cl)cc2)CCCC1. The molecule has 0 spiro atoms. The van der Waals surface area contributed by atoms with Gasteiger partial charge in [-0.15, -0.1) is 0 Å². The molecule has 0 atom stereocenters. The second-order valence-corrected chi connectivity index (χ2v) is 7.88. The summed E-state index contributed by atoms with van der Waals surface area (Å²) in [6.07, 6.45) is 3.61. The van der Waals surface area contributed by atoms with Crippen LogP contribution in [0.2, 0.25) is 5.02 Å². The van der Waals surface area contributed by atoms with Gasteiger partial charge >= 0.3 is 0 Å². The molecule has 0 aliphatic heterocycles. The minimum atomic E-state index is -3.66. The summed E-state index contributed by atoms with van der Waals surface area (Å²) < 4.78 is 24.4. The number of rotatable bonds is 5. The standard InChI is InChI=1S/C14H19ClN2O3S/c15-11-3-5-12(6-4-11)21(19,20)9-13(18)17-14(10-16)7-1-2-8-14/h3-6H,1-2,7-10,16H2,(H,17,18). The van der Waals surface area contributed by atoms with Gasteiger partial charge in [0.05, 0.1) is 10.4 Å². The predicted octanol–water partition coefficient (Wildman–Crippen LogP) is 1.50. The Morgan fingerprint density at radius 1 is 1.24 bits per heavy atom. The van der Waals surface area contributed by atoms with E-state index in [-0.39, 0.29) is 4.90 Å². The van der Waals surface area contributed by atoms with Crippen molar-refractivity contribution < 1.29 is 13.2 Å². The van der Waals surface area contributed by atoms with Crippen molar-refractivity contribution in [3.05, 3.63) is 29.3 Å². The lowest BCUT2D eigenvalue weighted by molar-refractivity contribution is -0.120. The van der Waals surface area contributed by atoms with E-state index in [9.17, 15) is 13.2 Å². The molecule has 3 N–H and O–H groups in total. The van der Waals surface area contributed by atoms with Crippen molar-refractivity contribution in [1.29, 1.82) is 0 Å². The van der Waals surface area contributed by atoms with Gasteiger partial charge in [-0.05, 0) is 37.1 Å². The predicted molar refractivity (Wildman–Crippen MR) is 81.9 cm³/mol. The van der Waals surface area contributed by atoms with E-state index in [1.807, 2.05) is 0 Å². The van der Waals surface area contributed by atoms with Crippen LogP contribution in [0.1, 0.15) is 25.7 Å². The molecule has 21 heavy (non-hydrogen) atoms. The molecule has 1 aliphatic carbocycles. The maximum Gasteiger partial charge on any atom is 0.236 e. The van der Waals surface area contributed by atoms with Gasteiger partial charge in [-0.3, -0.25) is 4.79 Å². The molecule has 7 heteroatoms. The van der Waals surface area contributed by atoms with Gasteiger partial charge in [0.25, 0.3) is 0 Å². The number of halogens is 1. The van der Waals surface area contributed by atoms with E-state index < -0.39 is 27.0 Å². The van der Waals surface area contributed by atoms with Crippen molar-refractivity contribution in [1.82, 2.24) is 5.32 Å². The van der Waals surface area contributed by atoms with Crippen LogP contribution in [0.5, 0.6) is 0 Å². The average molecular weight is 331 g/mol. The lowest BCUT2D eigenvalue weighted by atomic mass is 9.98. The van der Waals surface area contributed by atoms with Gasteiger partial charge in [0.15, 0.2) is 9.84 Å². The molecule has 0 heterocycles. The highest BCUT2D eigenvalue weighted by molar-refractivity contribution is 7.92. The van der Waals surface area contributed by atoms with Crippen LogP contribution in [-0.4, -0.2) is 32.2 Å². The first kappa shape index (κ1) is 16.3. The number of carbonyl (C=O) groups excluding carboxylic acids is 1. The van der Waals surface area contributed by atoms with Crippen molar-refractivity contribution in [2.24, 2.45) is 5.73 Å². The van der Waals surface area contributed by atoms with Crippen LogP contribution in [0.4, 0.5) is 0 Å². The highest BCUT2D eigenvalue weighted by atomic mass is 35.5. The normalized spacial score (nSPS) is 17.6. The van der Waals surface area contributed by atoms with Crippen molar-refractivity contribution in [3.8, 4) is 0 Å². The van der Waals surface area contributed by atoms with Gasteiger partial charge in [0.1, 0.15) is 5.75 Å². The molecular formula is C14H19ClN2O3S. The quantitative estimate of drug-likeness (QED) is 0.856. The third-order valence-electron chi connectivity index (χ3n) is 3.85. The van der Waals surface area contributed by atoms with Crippen molar-refractivity contribution in [2.75, 3.05) is 12.3 Å². The Hall–Kier alpha value is -1.11. The lowest BCUT2D eigenvalue weighted by Crippen LogP contribution is -2.53. The molecule has 2 rings (SSSR count). The maximum atomic E-state index is 12.2. The number of nitrogens with two attached hydrogens (primary N) is 1. The molecule has 5 nitrogen and oxygen atoms in total. The van der Waals surface area contributed by atoms with E-state index in [1.165, 1.54) is 24.3 Å². The maximum absolute atomic E-state index is 12.2. The summed E-state index contributed by atoms with van der Waals surface area (Å²) in [6.45, 7) is 0.333. The highest BCUT2D eigenvalue weighted by Gasteiger charge is 2.34. The Balaban J connectivity index is 2.06. The molecule has 1 fully saturated rings. The number of nitrogens with one attached hydrogen (secondary N) is 1. The number of carbonyl (C=O) groups is 1. The van der Waals surface area contributed by atoms with Gasteiger partial charge in [0, 0.05) is 11.6 Å². The minimum absolute atomic E-state index is 0.0928. The van der Waals surface area contributed by atoms with E-state index in [2.05, 4.69) is 5.32 Å². The van der Waals surface area contributed by atoms with E-state index in [0.717, 1.165) is 25.7 Å². The molecule has 1 aromatic rings. The Bertz CT molecular complexity index is 608. The molecule has 0 saturated heterocycles. The zero-order valence-electron chi connectivity index (χ0n) is 11.6. The van der Waals surface area contributed by atoms with Crippen molar-refractivity contribution >= 4 is 27.3 Å². The Morgan fingerprint density at radius 2 is 1.81 bits per heavy atom. The van der Waals surface area contributed by atoms with Crippen molar-refractivity contribution in [3.63, 3.8) is 0 Å². The highest BCUT2D eigenvalue weighted by Crippen LogP contribution is 2.28. The van der Waals surface area contributed by atoms with E-state index in [4.69, 9.17) is 17.3 Å². The average Bonchev–Trinajstić information content (AvgIpc) is 2.87. The number of benzene rings is 1. The Labute approximate surface area is 129 Å². The van der Waals surface area contributed by atoms with Crippen LogP contribution in [0.25, 0.3) is 0 Å². The number of hydrogen-bond acceptors (Lipinski definition) is 4. The van der Waals surface area contributed by atoms with Crippen LogP contribution >= 0.6 is 11.6 Å². The zero-order valence-corrected chi connectivity index (χ0v) is 13.2. The fourth-order valence-electron chi connectivity index (χ4n) is 2.66. The van der Waals surface area contributed by atoms with Gasteiger partial charge < -0.3 is 11.1 Å². The van der Waals surface area contributed by atoms with Crippen LogP contribution in [0.15, 0.2) is 29.2 Å².